The van der Waals surface area contributed by atoms with Crippen LogP contribution in [0.2, 0.25) is 0 Å². The van der Waals surface area contributed by atoms with Gasteiger partial charge in [0.15, 0.2) is 0 Å². The number of aromatic nitrogens is 2. The highest BCUT2D eigenvalue weighted by Crippen LogP contribution is 2.15. The molecule has 0 saturated carbocycles. The van der Waals surface area contributed by atoms with Crippen molar-refractivity contribution in [2.75, 3.05) is 20.1 Å². The lowest BCUT2D eigenvalue weighted by Crippen LogP contribution is -2.38. The normalized spacial score (nSPS) is 20.9. The summed E-state index contributed by atoms with van der Waals surface area (Å²) in [6.07, 6.45) is 7.38. The topological polar surface area (TPSA) is 67.2 Å². The number of sulfonamides is 1. The standard InChI is InChI=1S/C12H22N4O2S/c1-15-10-12(9-14-15)19(17,18)16(2)8-6-11-5-3-4-7-13-11/h9-11,13H,3-8H2,1-2H3. The fourth-order valence-corrected chi connectivity index (χ4v) is 3.51. The molecule has 0 bridgehead atoms. The zero-order valence-corrected chi connectivity index (χ0v) is 12.4. The van der Waals surface area contributed by atoms with Crippen LogP contribution < -0.4 is 5.32 Å². The van der Waals surface area contributed by atoms with Crippen LogP contribution in [-0.2, 0) is 17.1 Å². The largest absolute Gasteiger partial charge is 0.314 e. The van der Waals surface area contributed by atoms with Crippen LogP contribution in [0.4, 0.5) is 0 Å². The van der Waals surface area contributed by atoms with Gasteiger partial charge in [0.1, 0.15) is 4.90 Å². The van der Waals surface area contributed by atoms with E-state index in [-0.39, 0.29) is 4.90 Å². The van der Waals surface area contributed by atoms with Crippen molar-refractivity contribution in [2.24, 2.45) is 7.05 Å². The van der Waals surface area contributed by atoms with Crippen LogP contribution in [-0.4, -0.2) is 48.7 Å². The minimum absolute atomic E-state index is 0.258. The molecule has 0 radical (unpaired) electrons. The Hall–Kier alpha value is -0.920. The Bertz CT molecular complexity index is 506. The molecule has 7 heteroatoms. The van der Waals surface area contributed by atoms with Gasteiger partial charge in [-0.2, -0.15) is 5.10 Å². The molecule has 0 aromatic carbocycles. The van der Waals surface area contributed by atoms with Crippen molar-refractivity contribution in [3.63, 3.8) is 0 Å². The van der Waals surface area contributed by atoms with Crippen LogP contribution in [0.5, 0.6) is 0 Å². The predicted octanol–water partition coefficient (Wildman–Crippen LogP) is 0.573. The van der Waals surface area contributed by atoms with Crippen molar-refractivity contribution in [1.29, 1.82) is 0 Å². The molecule has 19 heavy (non-hydrogen) atoms. The first-order valence-corrected chi connectivity index (χ1v) is 8.12. The molecule has 1 aliphatic rings. The number of hydrogen-bond donors (Lipinski definition) is 1. The van der Waals surface area contributed by atoms with E-state index in [1.807, 2.05) is 0 Å². The molecule has 0 aliphatic carbocycles. The second-order valence-electron chi connectivity index (χ2n) is 5.11. The van der Waals surface area contributed by atoms with Crippen LogP contribution in [0.25, 0.3) is 0 Å². The molecule has 108 valence electrons. The maximum atomic E-state index is 12.3. The fourth-order valence-electron chi connectivity index (χ4n) is 2.34. The van der Waals surface area contributed by atoms with Gasteiger partial charge >= 0.3 is 0 Å². The molecule has 6 nitrogen and oxygen atoms in total. The number of nitrogens with one attached hydrogen (secondary N) is 1. The second kappa shape index (κ2) is 6.02. The monoisotopic (exact) mass is 286 g/mol. The number of nitrogens with zero attached hydrogens (tertiary/aromatic N) is 3. The summed E-state index contributed by atoms with van der Waals surface area (Å²) < 4.78 is 27.5. The highest BCUT2D eigenvalue weighted by Gasteiger charge is 2.23. The minimum Gasteiger partial charge on any atom is -0.314 e. The van der Waals surface area contributed by atoms with Crippen LogP contribution in [0.1, 0.15) is 25.7 Å². The molecule has 0 spiro atoms. The maximum Gasteiger partial charge on any atom is 0.245 e. The summed E-state index contributed by atoms with van der Waals surface area (Å²) in [5, 5.41) is 7.35. The molecule has 2 rings (SSSR count). The summed E-state index contributed by atoms with van der Waals surface area (Å²) in [7, 11) is -0.0534. The maximum absolute atomic E-state index is 12.3. The molecule has 1 saturated heterocycles. The van der Waals surface area contributed by atoms with Crippen molar-refractivity contribution in [3.05, 3.63) is 12.4 Å². The lowest BCUT2D eigenvalue weighted by atomic mass is 10.0. The summed E-state index contributed by atoms with van der Waals surface area (Å²) >= 11 is 0. The van der Waals surface area contributed by atoms with Crippen molar-refractivity contribution >= 4 is 10.0 Å². The van der Waals surface area contributed by atoms with Crippen molar-refractivity contribution in [2.45, 2.75) is 36.6 Å². The van der Waals surface area contributed by atoms with Gasteiger partial charge in [-0.3, -0.25) is 4.68 Å². The van der Waals surface area contributed by atoms with Gasteiger partial charge in [0, 0.05) is 32.9 Å². The molecule has 0 amide bonds. The van der Waals surface area contributed by atoms with Crippen LogP contribution >= 0.6 is 0 Å². The minimum atomic E-state index is -3.40. The first kappa shape index (κ1) is 14.5. The fraction of sp³-hybridized carbons (Fsp3) is 0.750. The molecular formula is C12H22N4O2S. The quantitative estimate of drug-likeness (QED) is 0.859. The Morgan fingerprint density at radius 2 is 2.32 bits per heavy atom. The zero-order valence-electron chi connectivity index (χ0n) is 11.5. The van der Waals surface area contributed by atoms with E-state index < -0.39 is 10.0 Å². The number of rotatable bonds is 5. The SMILES string of the molecule is CN(CCC1CCCCN1)S(=O)(=O)c1cnn(C)c1. The first-order valence-electron chi connectivity index (χ1n) is 6.68. The van der Waals surface area contributed by atoms with Crippen LogP contribution in [0, 0.1) is 0 Å². The Balaban J connectivity index is 1.93. The van der Waals surface area contributed by atoms with Gasteiger partial charge in [-0.15, -0.1) is 0 Å². The van der Waals surface area contributed by atoms with E-state index in [0.29, 0.717) is 12.6 Å². The zero-order chi connectivity index (χ0) is 13.9. The number of aryl methyl sites for hydroxylation is 1. The average Bonchev–Trinajstić information content (AvgIpc) is 2.84. The van der Waals surface area contributed by atoms with Crippen LogP contribution in [0.3, 0.4) is 0 Å². The Morgan fingerprint density at radius 1 is 1.53 bits per heavy atom. The Kier molecular flexibility index (Phi) is 4.59. The Labute approximate surface area is 114 Å². The molecule has 2 heterocycles. The molecule has 1 N–H and O–H groups in total. The van der Waals surface area contributed by atoms with E-state index in [1.54, 1.807) is 14.1 Å². The lowest BCUT2D eigenvalue weighted by Gasteiger charge is -2.25. The molecule has 1 aromatic rings. The van der Waals surface area contributed by atoms with E-state index in [9.17, 15) is 8.42 Å². The summed E-state index contributed by atoms with van der Waals surface area (Å²) in [5.74, 6) is 0. The van der Waals surface area contributed by atoms with Gasteiger partial charge in [0.2, 0.25) is 10.0 Å². The van der Waals surface area contributed by atoms with Gasteiger partial charge in [-0.1, -0.05) is 6.42 Å². The third-order valence-corrected chi connectivity index (χ3v) is 5.40. The highest BCUT2D eigenvalue weighted by molar-refractivity contribution is 7.89. The summed E-state index contributed by atoms with van der Waals surface area (Å²) in [6.45, 7) is 1.58. The average molecular weight is 286 g/mol. The van der Waals surface area contributed by atoms with E-state index in [4.69, 9.17) is 0 Å². The second-order valence-corrected chi connectivity index (χ2v) is 7.16. The summed E-state index contributed by atoms with van der Waals surface area (Å²) in [4.78, 5) is 0.258. The molecular weight excluding hydrogens is 264 g/mol. The molecule has 1 aromatic heterocycles. The van der Waals surface area contributed by atoms with Gasteiger partial charge < -0.3 is 5.32 Å². The van der Waals surface area contributed by atoms with Crippen LogP contribution in [0.15, 0.2) is 17.3 Å². The van der Waals surface area contributed by atoms with Gasteiger partial charge in [0.05, 0.1) is 6.20 Å². The van der Waals surface area contributed by atoms with Gasteiger partial charge in [-0.25, -0.2) is 12.7 Å². The van der Waals surface area contributed by atoms with Gasteiger partial charge in [-0.05, 0) is 25.8 Å². The molecule has 1 unspecified atom stereocenters. The molecule has 1 aliphatic heterocycles. The van der Waals surface area contributed by atoms with Crippen molar-refractivity contribution in [3.8, 4) is 0 Å². The van der Waals surface area contributed by atoms with E-state index in [0.717, 1.165) is 19.4 Å². The summed E-state index contributed by atoms with van der Waals surface area (Å²) in [5.41, 5.74) is 0. The lowest BCUT2D eigenvalue weighted by molar-refractivity contribution is 0.351. The molecule has 1 atom stereocenters. The third-order valence-electron chi connectivity index (χ3n) is 3.59. The Morgan fingerprint density at radius 3 is 2.89 bits per heavy atom. The molecule has 1 fully saturated rings. The van der Waals surface area contributed by atoms with E-state index in [1.165, 1.54) is 34.2 Å². The van der Waals surface area contributed by atoms with Crippen molar-refractivity contribution in [1.82, 2.24) is 19.4 Å². The number of piperidine rings is 1. The number of hydrogen-bond acceptors (Lipinski definition) is 4. The first-order chi connectivity index (χ1) is 9.00. The predicted molar refractivity (Wildman–Crippen MR) is 73.3 cm³/mol. The smallest absolute Gasteiger partial charge is 0.245 e. The summed E-state index contributed by atoms with van der Waals surface area (Å²) in [6, 6.07) is 0.445. The van der Waals surface area contributed by atoms with Crippen molar-refractivity contribution < 1.29 is 8.42 Å². The van der Waals surface area contributed by atoms with E-state index >= 15 is 0 Å². The third kappa shape index (κ3) is 3.55. The highest BCUT2D eigenvalue weighted by atomic mass is 32.2. The van der Waals surface area contributed by atoms with Gasteiger partial charge in [0.25, 0.3) is 0 Å². The van der Waals surface area contributed by atoms with E-state index in [2.05, 4.69) is 10.4 Å².